The van der Waals surface area contributed by atoms with E-state index in [2.05, 4.69) is 20.8 Å². The van der Waals surface area contributed by atoms with Gasteiger partial charge in [-0.15, -0.1) is 11.3 Å². The van der Waals surface area contributed by atoms with Gasteiger partial charge in [0.05, 0.1) is 5.60 Å². The molecule has 1 aliphatic heterocycles. The van der Waals surface area contributed by atoms with Gasteiger partial charge in [-0.05, 0) is 47.5 Å². The number of halogens is 1. The highest BCUT2D eigenvalue weighted by atomic mass is 79.9. The summed E-state index contributed by atoms with van der Waals surface area (Å²) in [6.07, 6.45) is 0. The van der Waals surface area contributed by atoms with Crippen molar-refractivity contribution in [3.05, 3.63) is 45.1 Å². The van der Waals surface area contributed by atoms with Crippen LogP contribution in [0.1, 0.15) is 19.4 Å². The lowest BCUT2D eigenvalue weighted by atomic mass is 9.98. The fourth-order valence-corrected chi connectivity index (χ4v) is 6.58. The minimum Gasteiger partial charge on any atom is -0.386 e. The Hall–Kier alpha value is -0.930. The van der Waals surface area contributed by atoms with Gasteiger partial charge in [0.1, 0.15) is 4.90 Å². The van der Waals surface area contributed by atoms with Gasteiger partial charge >= 0.3 is 0 Å². The number of thiophene rings is 1. The standard InChI is InChI=1S/C17H21BrN2O3S2/c1-17(2,21)13-3-5-14(6-4-13)19-7-9-20(10-8-19)25(22,23)16-12-24-11-15(16)18/h3-6,11-12,21H,7-10H2,1-2H3. The average Bonchev–Trinajstić information content (AvgIpc) is 3.01. The Labute approximate surface area is 161 Å². The van der Waals surface area contributed by atoms with Crippen molar-refractivity contribution < 1.29 is 13.5 Å². The highest BCUT2D eigenvalue weighted by Gasteiger charge is 2.30. The summed E-state index contributed by atoms with van der Waals surface area (Å²) >= 11 is 4.69. The summed E-state index contributed by atoms with van der Waals surface area (Å²) in [5.41, 5.74) is 1.04. The molecule has 0 radical (unpaired) electrons. The number of aliphatic hydroxyl groups is 1. The van der Waals surface area contributed by atoms with E-state index in [1.54, 1.807) is 28.9 Å². The van der Waals surface area contributed by atoms with E-state index >= 15 is 0 Å². The summed E-state index contributed by atoms with van der Waals surface area (Å²) in [5, 5.41) is 13.5. The van der Waals surface area contributed by atoms with Crippen LogP contribution in [0.4, 0.5) is 5.69 Å². The van der Waals surface area contributed by atoms with Crippen LogP contribution in [0, 0.1) is 0 Å². The maximum atomic E-state index is 12.7. The van der Waals surface area contributed by atoms with Gasteiger partial charge in [-0.1, -0.05) is 12.1 Å². The van der Waals surface area contributed by atoms with Crippen molar-refractivity contribution in [1.82, 2.24) is 4.31 Å². The quantitative estimate of drug-likeness (QED) is 0.785. The summed E-state index contributed by atoms with van der Waals surface area (Å²) in [6, 6.07) is 7.79. The zero-order valence-corrected chi connectivity index (χ0v) is 17.4. The number of hydrogen-bond donors (Lipinski definition) is 1. The topological polar surface area (TPSA) is 60.9 Å². The zero-order valence-electron chi connectivity index (χ0n) is 14.1. The van der Waals surface area contributed by atoms with Gasteiger partial charge in [-0.2, -0.15) is 4.31 Å². The van der Waals surface area contributed by atoms with Crippen LogP contribution in [-0.4, -0.2) is 44.0 Å². The molecule has 3 rings (SSSR count). The predicted molar refractivity (Wildman–Crippen MR) is 105 cm³/mol. The molecule has 8 heteroatoms. The first-order valence-electron chi connectivity index (χ1n) is 7.99. The van der Waals surface area contributed by atoms with Gasteiger partial charge in [0, 0.05) is 47.1 Å². The smallest absolute Gasteiger partial charge is 0.245 e. The third kappa shape index (κ3) is 3.93. The zero-order chi connectivity index (χ0) is 18.2. The lowest BCUT2D eigenvalue weighted by Gasteiger charge is -2.35. The summed E-state index contributed by atoms with van der Waals surface area (Å²) in [6.45, 7) is 5.71. The Morgan fingerprint density at radius 3 is 2.16 bits per heavy atom. The van der Waals surface area contributed by atoms with Crippen molar-refractivity contribution in [2.75, 3.05) is 31.1 Å². The Balaban J connectivity index is 1.69. The first-order chi connectivity index (χ1) is 11.7. The fraction of sp³-hybridized carbons (Fsp3) is 0.412. The van der Waals surface area contributed by atoms with Gasteiger partial charge in [0.2, 0.25) is 10.0 Å². The van der Waals surface area contributed by atoms with Gasteiger partial charge in [-0.3, -0.25) is 0 Å². The van der Waals surface area contributed by atoms with Crippen molar-refractivity contribution in [1.29, 1.82) is 0 Å². The predicted octanol–water partition coefficient (Wildman–Crippen LogP) is 3.25. The van der Waals surface area contributed by atoms with E-state index in [0.717, 1.165) is 11.3 Å². The highest BCUT2D eigenvalue weighted by Crippen LogP contribution is 2.30. The molecule has 0 saturated carbocycles. The molecule has 1 saturated heterocycles. The summed E-state index contributed by atoms with van der Waals surface area (Å²) < 4.78 is 27.6. The van der Waals surface area contributed by atoms with Crippen LogP contribution in [0.3, 0.4) is 0 Å². The molecular weight excluding hydrogens is 424 g/mol. The third-order valence-corrected chi connectivity index (χ3v) is 8.43. The summed E-state index contributed by atoms with van der Waals surface area (Å²) in [7, 11) is -3.44. The molecule has 0 spiro atoms. The molecule has 1 fully saturated rings. The maximum absolute atomic E-state index is 12.7. The van der Waals surface area contributed by atoms with Crippen molar-refractivity contribution in [3.63, 3.8) is 0 Å². The van der Waals surface area contributed by atoms with E-state index in [4.69, 9.17) is 0 Å². The van der Waals surface area contributed by atoms with E-state index in [1.165, 1.54) is 11.3 Å². The Bertz CT molecular complexity index is 834. The van der Waals surface area contributed by atoms with Gasteiger partial charge < -0.3 is 10.0 Å². The van der Waals surface area contributed by atoms with Crippen LogP contribution in [0.25, 0.3) is 0 Å². The molecule has 1 aliphatic rings. The van der Waals surface area contributed by atoms with E-state index < -0.39 is 15.6 Å². The molecule has 0 unspecified atom stereocenters. The Morgan fingerprint density at radius 1 is 1.08 bits per heavy atom. The number of benzene rings is 1. The minimum atomic E-state index is -3.44. The molecule has 1 aromatic heterocycles. The molecule has 5 nitrogen and oxygen atoms in total. The molecule has 136 valence electrons. The van der Waals surface area contributed by atoms with Crippen molar-refractivity contribution >= 4 is 43.0 Å². The molecule has 0 amide bonds. The third-order valence-electron chi connectivity index (χ3n) is 4.38. The molecule has 25 heavy (non-hydrogen) atoms. The molecule has 2 aromatic rings. The van der Waals surface area contributed by atoms with Crippen LogP contribution < -0.4 is 4.90 Å². The van der Waals surface area contributed by atoms with Crippen LogP contribution in [0.5, 0.6) is 0 Å². The van der Waals surface area contributed by atoms with E-state index in [1.807, 2.05) is 24.3 Å². The van der Waals surface area contributed by atoms with E-state index in [9.17, 15) is 13.5 Å². The second kappa shape index (κ2) is 7.00. The van der Waals surface area contributed by atoms with Crippen molar-refractivity contribution in [2.45, 2.75) is 24.3 Å². The molecule has 2 heterocycles. The largest absolute Gasteiger partial charge is 0.386 e. The molecule has 0 aliphatic carbocycles. The van der Waals surface area contributed by atoms with Gasteiger partial charge in [-0.25, -0.2) is 8.42 Å². The summed E-state index contributed by atoms with van der Waals surface area (Å²) in [4.78, 5) is 2.52. The van der Waals surface area contributed by atoms with Crippen LogP contribution in [0.2, 0.25) is 0 Å². The Kier molecular flexibility index (Phi) is 5.28. The van der Waals surface area contributed by atoms with Crippen LogP contribution in [0.15, 0.2) is 44.4 Å². The van der Waals surface area contributed by atoms with E-state index in [-0.39, 0.29) is 0 Å². The molecule has 0 bridgehead atoms. The second-order valence-corrected chi connectivity index (χ2v) is 10.1. The lowest BCUT2D eigenvalue weighted by Crippen LogP contribution is -2.48. The normalized spacial score (nSPS) is 17.0. The molecular formula is C17H21BrN2O3S2. The van der Waals surface area contributed by atoms with Gasteiger partial charge in [0.15, 0.2) is 0 Å². The number of piperazine rings is 1. The number of rotatable bonds is 4. The monoisotopic (exact) mass is 444 g/mol. The highest BCUT2D eigenvalue weighted by molar-refractivity contribution is 9.10. The molecule has 1 N–H and O–H groups in total. The van der Waals surface area contributed by atoms with Crippen LogP contribution in [-0.2, 0) is 15.6 Å². The van der Waals surface area contributed by atoms with Gasteiger partial charge in [0.25, 0.3) is 0 Å². The molecule has 0 atom stereocenters. The minimum absolute atomic E-state index is 0.348. The summed E-state index contributed by atoms with van der Waals surface area (Å²) in [5.74, 6) is 0. The van der Waals surface area contributed by atoms with Crippen molar-refractivity contribution in [2.24, 2.45) is 0 Å². The Morgan fingerprint density at radius 2 is 1.68 bits per heavy atom. The maximum Gasteiger partial charge on any atom is 0.245 e. The lowest BCUT2D eigenvalue weighted by molar-refractivity contribution is 0.0786. The second-order valence-electron chi connectivity index (χ2n) is 6.58. The average molecular weight is 445 g/mol. The number of nitrogens with zero attached hydrogens (tertiary/aromatic N) is 2. The van der Waals surface area contributed by atoms with E-state index in [0.29, 0.717) is 35.5 Å². The van der Waals surface area contributed by atoms with Crippen molar-refractivity contribution in [3.8, 4) is 0 Å². The number of anilines is 1. The first kappa shape index (κ1) is 18.8. The number of sulfonamides is 1. The first-order valence-corrected chi connectivity index (χ1v) is 11.2. The molecule has 1 aromatic carbocycles. The van der Waals surface area contributed by atoms with Crippen LogP contribution >= 0.6 is 27.3 Å². The fourth-order valence-electron chi connectivity index (χ4n) is 2.86. The SMILES string of the molecule is CC(C)(O)c1ccc(N2CCN(S(=O)(=O)c3cscc3Br)CC2)cc1. The number of hydrogen-bond acceptors (Lipinski definition) is 5.